The first-order valence-corrected chi connectivity index (χ1v) is 5.44. The van der Waals surface area contributed by atoms with E-state index in [2.05, 4.69) is 20.8 Å². The summed E-state index contributed by atoms with van der Waals surface area (Å²) in [6.45, 7) is 6.85. The molecule has 76 valence electrons. The van der Waals surface area contributed by atoms with Crippen molar-refractivity contribution in [1.29, 1.82) is 0 Å². The van der Waals surface area contributed by atoms with Gasteiger partial charge < -0.3 is 5.11 Å². The zero-order chi connectivity index (χ0) is 10.3. The lowest BCUT2D eigenvalue weighted by atomic mass is 9.61. The van der Waals surface area contributed by atoms with Crippen molar-refractivity contribution in [2.75, 3.05) is 6.61 Å². The van der Waals surface area contributed by atoms with Crippen molar-refractivity contribution >= 4 is 7.85 Å². The standard InChI is InChI=1S/C11H23BO/c1-4-11(12,7-5-9-13)8-6-10(2)3/h10,13H,4-9H2,1-3H3. The van der Waals surface area contributed by atoms with Gasteiger partial charge in [0.05, 0.1) is 7.85 Å². The third kappa shape index (κ3) is 6.14. The van der Waals surface area contributed by atoms with Crippen LogP contribution < -0.4 is 0 Å². The van der Waals surface area contributed by atoms with Crippen LogP contribution >= 0.6 is 0 Å². The van der Waals surface area contributed by atoms with Crippen molar-refractivity contribution < 1.29 is 5.11 Å². The van der Waals surface area contributed by atoms with Crippen LogP contribution in [0.4, 0.5) is 0 Å². The highest BCUT2D eigenvalue weighted by Crippen LogP contribution is 2.38. The molecule has 0 rings (SSSR count). The quantitative estimate of drug-likeness (QED) is 0.600. The van der Waals surface area contributed by atoms with E-state index in [1.807, 2.05) is 0 Å². The van der Waals surface area contributed by atoms with E-state index in [1.165, 1.54) is 6.42 Å². The largest absolute Gasteiger partial charge is 0.396 e. The van der Waals surface area contributed by atoms with E-state index >= 15 is 0 Å². The second-order valence-electron chi connectivity index (χ2n) is 4.48. The SMILES string of the molecule is [B]C(CC)(CCCO)CCC(C)C. The van der Waals surface area contributed by atoms with Gasteiger partial charge in [-0.25, -0.2) is 0 Å². The minimum absolute atomic E-state index is 0.0347. The molecule has 1 unspecified atom stereocenters. The molecule has 0 bridgehead atoms. The van der Waals surface area contributed by atoms with Crippen LogP contribution in [0, 0.1) is 5.92 Å². The number of aliphatic hydroxyl groups is 1. The number of hydrogen-bond acceptors (Lipinski definition) is 1. The molecule has 13 heavy (non-hydrogen) atoms. The lowest BCUT2D eigenvalue weighted by Gasteiger charge is -2.29. The molecule has 2 heteroatoms. The summed E-state index contributed by atoms with van der Waals surface area (Å²) in [5.74, 6) is 0.726. The Morgan fingerprint density at radius 3 is 2.31 bits per heavy atom. The first kappa shape index (κ1) is 13.0. The first-order chi connectivity index (χ1) is 6.04. The van der Waals surface area contributed by atoms with Crippen molar-refractivity contribution in [1.82, 2.24) is 0 Å². The Labute approximate surface area is 84.3 Å². The Morgan fingerprint density at radius 1 is 1.31 bits per heavy atom. The van der Waals surface area contributed by atoms with E-state index in [1.54, 1.807) is 0 Å². The Kier molecular flexibility index (Phi) is 6.49. The van der Waals surface area contributed by atoms with Gasteiger partial charge in [0.2, 0.25) is 0 Å². The van der Waals surface area contributed by atoms with Crippen LogP contribution in [0.3, 0.4) is 0 Å². The molecule has 2 radical (unpaired) electrons. The second kappa shape index (κ2) is 6.47. The van der Waals surface area contributed by atoms with Gasteiger partial charge in [0, 0.05) is 6.61 Å². The van der Waals surface area contributed by atoms with Gasteiger partial charge in [0.15, 0.2) is 0 Å². The molecule has 0 aliphatic heterocycles. The molecule has 0 aromatic heterocycles. The van der Waals surface area contributed by atoms with Crippen LogP contribution in [0.1, 0.15) is 52.9 Å². The van der Waals surface area contributed by atoms with Crippen LogP contribution in [0.15, 0.2) is 0 Å². The maximum absolute atomic E-state index is 8.75. The van der Waals surface area contributed by atoms with Gasteiger partial charge in [0.25, 0.3) is 0 Å². The minimum Gasteiger partial charge on any atom is -0.396 e. The van der Waals surface area contributed by atoms with Crippen molar-refractivity contribution in [2.45, 2.75) is 58.2 Å². The van der Waals surface area contributed by atoms with Gasteiger partial charge in [-0.05, 0) is 12.3 Å². The fraction of sp³-hybridized carbons (Fsp3) is 1.00. The van der Waals surface area contributed by atoms with Crippen molar-refractivity contribution in [3.8, 4) is 0 Å². The Balaban J connectivity index is 3.81. The maximum Gasteiger partial charge on any atom is 0.0746 e. The van der Waals surface area contributed by atoms with E-state index < -0.39 is 0 Å². The van der Waals surface area contributed by atoms with Gasteiger partial charge in [-0.3, -0.25) is 0 Å². The molecule has 1 atom stereocenters. The van der Waals surface area contributed by atoms with E-state index in [0.717, 1.165) is 31.6 Å². The predicted molar refractivity (Wildman–Crippen MR) is 59.1 cm³/mol. The van der Waals surface area contributed by atoms with Gasteiger partial charge >= 0.3 is 0 Å². The highest BCUT2D eigenvalue weighted by molar-refractivity contribution is 6.15. The molecule has 0 saturated carbocycles. The third-order valence-corrected chi connectivity index (χ3v) is 2.76. The van der Waals surface area contributed by atoms with Crippen LogP contribution in [0.2, 0.25) is 5.31 Å². The van der Waals surface area contributed by atoms with Crippen molar-refractivity contribution in [3.05, 3.63) is 0 Å². The zero-order valence-corrected chi connectivity index (χ0v) is 9.34. The highest BCUT2D eigenvalue weighted by Gasteiger charge is 2.20. The summed E-state index contributed by atoms with van der Waals surface area (Å²) >= 11 is 0. The Bertz CT molecular complexity index is 125. The summed E-state index contributed by atoms with van der Waals surface area (Å²) in [5.41, 5.74) is 0. The fourth-order valence-corrected chi connectivity index (χ4v) is 1.49. The van der Waals surface area contributed by atoms with Gasteiger partial charge in [-0.1, -0.05) is 51.8 Å². The van der Waals surface area contributed by atoms with Gasteiger partial charge in [-0.2, -0.15) is 0 Å². The van der Waals surface area contributed by atoms with E-state index in [-0.39, 0.29) is 11.9 Å². The fourth-order valence-electron chi connectivity index (χ4n) is 1.49. The number of aliphatic hydroxyl groups excluding tert-OH is 1. The molecule has 0 amide bonds. The summed E-state index contributed by atoms with van der Waals surface area (Å²) in [6, 6.07) is 0. The molecule has 0 fully saturated rings. The van der Waals surface area contributed by atoms with Gasteiger partial charge in [-0.15, -0.1) is 0 Å². The lowest BCUT2D eigenvalue weighted by Crippen LogP contribution is -2.13. The first-order valence-electron chi connectivity index (χ1n) is 5.44. The maximum atomic E-state index is 8.75. The van der Waals surface area contributed by atoms with Crippen LogP contribution in [0.5, 0.6) is 0 Å². The molecule has 1 nitrogen and oxygen atoms in total. The summed E-state index contributed by atoms with van der Waals surface area (Å²) in [4.78, 5) is 0. The second-order valence-corrected chi connectivity index (χ2v) is 4.48. The summed E-state index contributed by atoms with van der Waals surface area (Å²) in [6.07, 6.45) is 5.08. The summed E-state index contributed by atoms with van der Waals surface area (Å²) in [7, 11) is 6.22. The van der Waals surface area contributed by atoms with Crippen molar-refractivity contribution in [3.63, 3.8) is 0 Å². The molecule has 0 aliphatic carbocycles. The van der Waals surface area contributed by atoms with E-state index in [0.29, 0.717) is 0 Å². The Morgan fingerprint density at radius 2 is 1.92 bits per heavy atom. The molecule has 0 aromatic carbocycles. The molecule has 1 N–H and O–H groups in total. The van der Waals surface area contributed by atoms with Crippen LogP contribution in [-0.4, -0.2) is 19.6 Å². The molecular formula is C11H23BO. The molecule has 0 aromatic rings. The van der Waals surface area contributed by atoms with Crippen LogP contribution in [0.25, 0.3) is 0 Å². The average Bonchev–Trinajstić information content (AvgIpc) is 2.11. The molecule has 0 aliphatic rings. The number of rotatable bonds is 7. The average molecular weight is 182 g/mol. The van der Waals surface area contributed by atoms with E-state index in [4.69, 9.17) is 13.0 Å². The van der Waals surface area contributed by atoms with Crippen LogP contribution in [-0.2, 0) is 0 Å². The van der Waals surface area contributed by atoms with Gasteiger partial charge in [0.1, 0.15) is 0 Å². The van der Waals surface area contributed by atoms with E-state index in [9.17, 15) is 0 Å². The third-order valence-electron chi connectivity index (χ3n) is 2.76. The summed E-state index contributed by atoms with van der Waals surface area (Å²) < 4.78 is 0. The van der Waals surface area contributed by atoms with Crippen molar-refractivity contribution in [2.24, 2.45) is 5.92 Å². The highest BCUT2D eigenvalue weighted by atomic mass is 16.2. The minimum atomic E-state index is -0.0347. The molecule has 0 spiro atoms. The molecule has 0 heterocycles. The Hall–Kier alpha value is 0.0249. The number of hydrogen-bond donors (Lipinski definition) is 1. The topological polar surface area (TPSA) is 20.2 Å². The predicted octanol–water partition coefficient (Wildman–Crippen LogP) is 2.93. The monoisotopic (exact) mass is 182 g/mol. The zero-order valence-electron chi connectivity index (χ0n) is 9.34. The lowest BCUT2D eigenvalue weighted by molar-refractivity contribution is 0.268. The molecular weight excluding hydrogens is 159 g/mol. The normalized spacial score (nSPS) is 16.1. The summed E-state index contributed by atoms with van der Waals surface area (Å²) in [5, 5.41) is 8.71. The smallest absolute Gasteiger partial charge is 0.0746 e. The molecule has 0 saturated heterocycles.